The normalized spacial score (nSPS) is 21.6. The highest BCUT2D eigenvalue weighted by molar-refractivity contribution is 7.13. The molecular formula is C17H22N2O3S. The summed E-state index contributed by atoms with van der Waals surface area (Å²) < 4.78 is 5.70. The molecule has 1 fully saturated rings. The number of aromatic nitrogens is 1. The summed E-state index contributed by atoms with van der Waals surface area (Å²) in [6.07, 6.45) is 2.17. The van der Waals surface area contributed by atoms with Gasteiger partial charge in [-0.05, 0) is 44.1 Å². The molecule has 1 amide bonds. The highest BCUT2D eigenvalue weighted by Crippen LogP contribution is 2.27. The molecule has 0 bridgehead atoms. The van der Waals surface area contributed by atoms with Gasteiger partial charge in [0.1, 0.15) is 5.76 Å². The number of oxazole rings is 1. The van der Waals surface area contributed by atoms with E-state index in [-0.39, 0.29) is 30.9 Å². The van der Waals surface area contributed by atoms with Crippen LogP contribution in [0.25, 0.3) is 10.8 Å². The Bertz CT molecular complexity index is 665. The summed E-state index contributed by atoms with van der Waals surface area (Å²) in [5.74, 6) is 1.53. The third-order valence-electron chi connectivity index (χ3n) is 4.50. The maximum absolute atomic E-state index is 12.7. The second-order valence-corrected chi connectivity index (χ2v) is 7.14. The molecule has 3 heterocycles. The molecule has 0 aromatic carbocycles. The average molecular weight is 334 g/mol. The number of carbonyl (C=O) groups excluding carboxylic acids is 1. The molecule has 124 valence electrons. The zero-order valence-electron chi connectivity index (χ0n) is 13.5. The molecule has 2 atom stereocenters. The van der Waals surface area contributed by atoms with E-state index in [1.807, 2.05) is 29.3 Å². The van der Waals surface area contributed by atoms with E-state index in [0.29, 0.717) is 23.9 Å². The molecule has 3 rings (SSSR count). The van der Waals surface area contributed by atoms with E-state index in [9.17, 15) is 9.90 Å². The number of rotatable bonds is 4. The van der Waals surface area contributed by atoms with Gasteiger partial charge in [-0.2, -0.15) is 0 Å². The number of amides is 1. The predicted octanol–water partition coefficient (Wildman–Crippen LogP) is 2.87. The average Bonchev–Trinajstić information content (AvgIpc) is 3.18. The number of carbonyl (C=O) groups is 1. The second-order valence-electron chi connectivity index (χ2n) is 6.20. The Labute approximate surface area is 140 Å². The van der Waals surface area contributed by atoms with Crippen LogP contribution in [-0.4, -0.2) is 40.1 Å². The number of likely N-dealkylation sites (tertiary alicyclic amines) is 1. The largest absolute Gasteiger partial charge is 0.440 e. The molecule has 2 aromatic rings. The molecule has 6 heteroatoms. The lowest BCUT2D eigenvalue weighted by molar-refractivity contribution is -0.135. The Morgan fingerprint density at radius 2 is 2.35 bits per heavy atom. The Morgan fingerprint density at radius 3 is 3.04 bits per heavy atom. The van der Waals surface area contributed by atoms with Gasteiger partial charge in [0, 0.05) is 19.2 Å². The number of aryl methyl sites for hydroxylation is 1. The molecule has 1 saturated heterocycles. The monoisotopic (exact) mass is 334 g/mol. The van der Waals surface area contributed by atoms with Crippen LogP contribution in [-0.2, 0) is 11.2 Å². The molecule has 0 saturated carbocycles. The SMILES string of the molecule is Cc1oc(-c2cccs2)nc1CC(=O)N1CC(CO)CCC1C. The number of hydrogen-bond acceptors (Lipinski definition) is 5. The van der Waals surface area contributed by atoms with Crippen molar-refractivity contribution < 1.29 is 14.3 Å². The Morgan fingerprint density at radius 1 is 1.52 bits per heavy atom. The van der Waals surface area contributed by atoms with Gasteiger partial charge < -0.3 is 14.4 Å². The van der Waals surface area contributed by atoms with Crippen LogP contribution in [0.4, 0.5) is 0 Å². The van der Waals surface area contributed by atoms with Crippen LogP contribution in [0.1, 0.15) is 31.2 Å². The van der Waals surface area contributed by atoms with E-state index in [1.54, 1.807) is 11.3 Å². The van der Waals surface area contributed by atoms with Crippen molar-refractivity contribution in [3.63, 3.8) is 0 Å². The molecule has 1 aliphatic rings. The van der Waals surface area contributed by atoms with Crippen molar-refractivity contribution in [3.05, 3.63) is 29.0 Å². The van der Waals surface area contributed by atoms with Gasteiger partial charge in [-0.1, -0.05) is 6.07 Å². The lowest BCUT2D eigenvalue weighted by Gasteiger charge is -2.37. The van der Waals surface area contributed by atoms with E-state index < -0.39 is 0 Å². The Kier molecular flexibility index (Phi) is 4.82. The molecule has 0 radical (unpaired) electrons. The molecule has 5 nitrogen and oxygen atoms in total. The minimum absolute atomic E-state index is 0.0600. The molecule has 0 spiro atoms. The van der Waals surface area contributed by atoms with Crippen molar-refractivity contribution in [1.82, 2.24) is 9.88 Å². The fourth-order valence-corrected chi connectivity index (χ4v) is 3.67. The van der Waals surface area contributed by atoms with E-state index in [4.69, 9.17) is 4.42 Å². The first-order valence-corrected chi connectivity index (χ1v) is 8.87. The Hall–Kier alpha value is -1.66. The van der Waals surface area contributed by atoms with Crippen LogP contribution in [0.5, 0.6) is 0 Å². The van der Waals surface area contributed by atoms with Crippen molar-refractivity contribution in [2.75, 3.05) is 13.2 Å². The van der Waals surface area contributed by atoms with Gasteiger partial charge >= 0.3 is 0 Å². The van der Waals surface area contributed by atoms with Gasteiger partial charge in [-0.3, -0.25) is 4.79 Å². The maximum Gasteiger partial charge on any atom is 0.236 e. The summed E-state index contributed by atoms with van der Waals surface area (Å²) in [6.45, 7) is 4.69. The molecule has 23 heavy (non-hydrogen) atoms. The van der Waals surface area contributed by atoms with Gasteiger partial charge in [0.2, 0.25) is 11.8 Å². The van der Waals surface area contributed by atoms with Crippen LogP contribution in [0.15, 0.2) is 21.9 Å². The van der Waals surface area contributed by atoms with E-state index in [0.717, 1.165) is 17.7 Å². The number of aliphatic hydroxyl groups excluding tert-OH is 1. The van der Waals surface area contributed by atoms with Crippen LogP contribution in [0, 0.1) is 12.8 Å². The van der Waals surface area contributed by atoms with E-state index >= 15 is 0 Å². The zero-order chi connectivity index (χ0) is 16.4. The fourth-order valence-electron chi connectivity index (χ4n) is 3.02. The second kappa shape index (κ2) is 6.84. The first-order chi connectivity index (χ1) is 11.1. The van der Waals surface area contributed by atoms with Crippen molar-refractivity contribution in [2.45, 2.75) is 39.2 Å². The fraction of sp³-hybridized carbons (Fsp3) is 0.529. The van der Waals surface area contributed by atoms with Crippen molar-refractivity contribution in [2.24, 2.45) is 5.92 Å². The summed E-state index contributed by atoms with van der Waals surface area (Å²) in [5.41, 5.74) is 0.705. The standard InChI is InChI=1S/C17H22N2O3S/c1-11-5-6-13(10-20)9-19(11)16(21)8-14-12(2)22-17(18-14)15-4-3-7-23-15/h3-4,7,11,13,20H,5-6,8-10H2,1-2H3. The van der Waals surface area contributed by atoms with Gasteiger partial charge in [0.05, 0.1) is 17.0 Å². The highest BCUT2D eigenvalue weighted by Gasteiger charge is 2.29. The molecule has 2 aromatic heterocycles. The minimum atomic E-state index is 0.0600. The Balaban J connectivity index is 1.72. The predicted molar refractivity (Wildman–Crippen MR) is 89.2 cm³/mol. The summed E-state index contributed by atoms with van der Waals surface area (Å²) >= 11 is 1.57. The molecular weight excluding hydrogens is 312 g/mol. The molecule has 0 aliphatic carbocycles. The summed E-state index contributed by atoms with van der Waals surface area (Å²) in [6, 6.07) is 4.13. The number of aliphatic hydroxyl groups is 1. The van der Waals surface area contributed by atoms with Crippen LogP contribution < -0.4 is 0 Å². The highest BCUT2D eigenvalue weighted by atomic mass is 32.1. The third-order valence-corrected chi connectivity index (χ3v) is 5.36. The number of thiophene rings is 1. The van der Waals surface area contributed by atoms with Gasteiger partial charge in [-0.25, -0.2) is 4.98 Å². The lowest BCUT2D eigenvalue weighted by atomic mass is 9.93. The zero-order valence-corrected chi connectivity index (χ0v) is 14.3. The van der Waals surface area contributed by atoms with E-state index in [2.05, 4.69) is 11.9 Å². The molecule has 1 aliphatic heterocycles. The van der Waals surface area contributed by atoms with Gasteiger partial charge in [-0.15, -0.1) is 11.3 Å². The topological polar surface area (TPSA) is 66.6 Å². The quantitative estimate of drug-likeness (QED) is 0.933. The summed E-state index contributed by atoms with van der Waals surface area (Å²) in [7, 11) is 0. The van der Waals surface area contributed by atoms with Crippen molar-refractivity contribution in [3.8, 4) is 10.8 Å². The van der Waals surface area contributed by atoms with Crippen LogP contribution in [0.2, 0.25) is 0 Å². The smallest absolute Gasteiger partial charge is 0.236 e. The first-order valence-electron chi connectivity index (χ1n) is 7.99. The lowest BCUT2D eigenvalue weighted by Crippen LogP contribution is -2.47. The van der Waals surface area contributed by atoms with Gasteiger partial charge in [0.25, 0.3) is 0 Å². The number of nitrogens with zero attached hydrogens (tertiary/aromatic N) is 2. The maximum atomic E-state index is 12.7. The van der Waals surface area contributed by atoms with Crippen LogP contribution in [0.3, 0.4) is 0 Å². The summed E-state index contributed by atoms with van der Waals surface area (Å²) in [5, 5.41) is 11.3. The summed E-state index contributed by atoms with van der Waals surface area (Å²) in [4.78, 5) is 20.0. The first kappa shape index (κ1) is 16.2. The van der Waals surface area contributed by atoms with Crippen LogP contribution >= 0.6 is 11.3 Å². The minimum Gasteiger partial charge on any atom is -0.440 e. The van der Waals surface area contributed by atoms with Crippen molar-refractivity contribution in [1.29, 1.82) is 0 Å². The molecule has 1 N–H and O–H groups in total. The molecule has 2 unspecified atom stereocenters. The van der Waals surface area contributed by atoms with E-state index in [1.165, 1.54) is 0 Å². The number of piperidine rings is 1. The van der Waals surface area contributed by atoms with Gasteiger partial charge in [0.15, 0.2) is 0 Å². The number of hydrogen-bond donors (Lipinski definition) is 1. The van der Waals surface area contributed by atoms with Crippen molar-refractivity contribution >= 4 is 17.2 Å². The third kappa shape index (κ3) is 3.48.